The maximum absolute atomic E-state index is 11.9. The summed E-state index contributed by atoms with van der Waals surface area (Å²) in [5.41, 5.74) is 1.33. The van der Waals surface area contributed by atoms with Crippen molar-refractivity contribution < 1.29 is 9.59 Å². The summed E-state index contributed by atoms with van der Waals surface area (Å²) in [5, 5.41) is 9.48. The smallest absolute Gasteiger partial charge is 0.248 e. The first-order chi connectivity index (χ1) is 12.7. The molecule has 0 radical (unpaired) electrons. The molecule has 26 heavy (non-hydrogen) atoms. The van der Waals surface area contributed by atoms with Gasteiger partial charge in [-0.05, 0) is 59.3 Å². The Morgan fingerprint density at radius 1 is 0.692 bits per heavy atom. The Balaban J connectivity index is 1.51. The lowest BCUT2D eigenvalue weighted by Crippen LogP contribution is -2.09. The van der Waals surface area contributed by atoms with Gasteiger partial charge in [0.05, 0.1) is 0 Å². The average molecular weight is 380 g/mol. The third-order valence-corrected chi connectivity index (χ3v) is 4.98. The van der Waals surface area contributed by atoms with Crippen molar-refractivity contribution in [2.45, 2.75) is 0 Å². The topological polar surface area (TPSA) is 58.2 Å². The molecule has 2 heterocycles. The van der Waals surface area contributed by atoms with E-state index in [-0.39, 0.29) is 11.8 Å². The van der Waals surface area contributed by atoms with E-state index in [0.717, 1.165) is 9.75 Å². The number of carbonyl (C=O) groups is 2. The van der Waals surface area contributed by atoms with Crippen molar-refractivity contribution in [1.29, 1.82) is 0 Å². The van der Waals surface area contributed by atoms with Gasteiger partial charge in [-0.2, -0.15) is 0 Å². The van der Waals surface area contributed by atoms with Crippen LogP contribution in [-0.2, 0) is 9.59 Å². The van der Waals surface area contributed by atoms with Gasteiger partial charge < -0.3 is 10.6 Å². The summed E-state index contributed by atoms with van der Waals surface area (Å²) in [6.07, 6.45) is 6.54. The maximum atomic E-state index is 11.9. The van der Waals surface area contributed by atoms with Gasteiger partial charge >= 0.3 is 0 Å². The van der Waals surface area contributed by atoms with Crippen molar-refractivity contribution in [3.8, 4) is 0 Å². The molecule has 0 fully saturated rings. The third-order valence-electron chi connectivity index (χ3n) is 3.30. The molecule has 4 nitrogen and oxygen atoms in total. The first-order valence-electron chi connectivity index (χ1n) is 7.84. The van der Waals surface area contributed by atoms with Gasteiger partial charge in [-0.15, -0.1) is 22.7 Å². The summed E-state index contributed by atoms with van der Waals surface area (Å²) < 4.78 is 0. The highest BCUT2D eigenvalue weighted by atomic mass is 32.1. The molecule has 0 bridgehead atoms. The van der Waals surface area contributed by atoms with Crippen LogP contribution in [0.4, 0.5) is 11.4 Å². The predicted molar refractivity (Wildman–Crippen MR) is 110 cm³/mol. The minimum Gasteiger partial charge on any atom is -0.323 e. The Hall–Kier alpha value is -2.96. The number of anilines is 2. The molecule has 2 amide bonds. The Labute approximate surface area is 159 Å². The van der Waals surface area contributed by atoms with Crippen molar-refractivity contribution in [2.75, 3.05) is 10.6 Å². The van der Waals surface area contributed by atoms with Crippen LogP contribution in [0.2, 0.25) is 0 Å². The second-order valence-electron chi connectivity index (χ2n) is 5.25. The van der Waals surface area contributed by atoms with Crippen molar-refractivity contribution >= 4 is 58.0 Å². The molecule has 0 aliphatic rings. The molecule has 2 N–H and O–H groups in total. The fourth-order valence-corrected chi connectivity index (χ4v) is 3.33. The van der Waals surface area contributed by atoms with Crippen LogP contribution in [-0.4, -0.2) is 11.8 Å². The molecular formula is C20H16N2O2S2. The quantitative estimate of drug-likeness (QED) is 0.584. The number of carbonyl (C=O) groups excluding carboxylic acids is 2. The largest absolute Gasteiger partial charge is 0.323 e. The molecule has 0 aliphatic heterocycles. The summed E-state index contributed by atoms with van der Waals surface area (Å²) in [6.45, 7) is 0. The SMILES string of the molecule is O=C(/C=C/c1cccs1)Nc1ccc(NC(=O)/C=C/c2cccs2)cc1. The number of benzene rings is 1. The van der Waals surface area contributed by atoms with E-state index in [0.29, 0.717) is 11.4 Å². The van der Waals surface area contributed by atoms with E-state index in [9.17, 15) is 9.59 Å². The standard InChI is InChI=1S/C20H16N2O2S2/c23-19(11-9-17-3-1-13-25-17)21-15-5-7-16(8-6-15)22-20(24)12-10-18-4-2-14-26-18/h1-14H,(H,21,23)(H,22,24)/b11-9+,12-10+. The van der Waals surface area contributed by atoms with E-state index in [1.54, 1.807) is 59.1 Å². The molecule has 0 spiro atoms. The zero-order valence-electron chi connectivity index (χ0n) is 13.7. The van der Waals surface area contributed by atoms with Crippen LogP contribution >= 0.6 is 22.7 Å². The number of hydrogen-bond donors (Lipinski definition) is 2. The Morgan fingerprint density at radius 2 is 1.12 bits per heavy atom. The summed E-state index contributed by atoms with van der Waals surface area (Å²) in [7, 11) is 0. The highest BCUT2D eigenvalue weighted by molar-refractivity contribution is 7.11. The molecule has 0 saturated carbocycles. The van der Waals surface area contributed by atoms with Crippen LogP contribution in [0.1, 0.15) is 9.75 Å². The van der Waals surface area contributed by atoms with Crippen LogP contribution in [0.5, 0.6) is 0 Å². The highest BCUT2D eigenvalue weighted by Crippen LogP contribution is 2.15. The van der Waals surface area contributed by atoms with Crippen molar-refractivity contribution in [3.63, 3.8) is 0 Å². The third kappa shape index (κ3) is 5.54. The summed E-state index contributed by atoms with van der Waals surface area (Å²) >= 11 is 3.14. The Bertz CT molecular complexity index is 832. The van der Waals surface area contributed by atoms with E-state index >= 15 is 0 Å². The van der Waals surface area contributed by atoms with Gasteiger partial charge in [0.15, 0.2) is 0 Å². The lowest BCUT2D eigenvalue weighted by molar-refractivity contribution is -0.112. The van der Waals surface area contributed by atoms with E-state index in [2.05, 4.69) is 10.6 Å². The van der Waals surface area contributed by atoms with Crippen molar-refractivity contribution in [2.24, 2.45) is 0 Å². The summed E-state index contributed by atoms with van der Waals surface area (Å²) in [5.74, 6) is -0.400. The fraction of sp³-hybridized carbons (Fsp3) is 0. The van der Waals surface area contributed by atoms with Gasteiger partial charge in [0.1, 0.15) is 0 Å². The van der Waals surface area contributed by atoms with Crippen LogP contribution in [0.3, 0.4) is 0 Å². The lowest BCUT2D eigenvalue weighted by Gasteiger charge is -2.05. The molecule has 0 unspecified atom stereocenters. The highest BCUT2D eigenvalue weighted by Gasteiger charge is 2.01. The molecule has 3 aromatic rings. The lowest BCUT2D eigenvalue weighted by atomic mass is 10.2. The number of thiophene rings is 2. The number of hydrogen-bond acceptors (Lipinski definition) is 4. The van der Waals surface area contributed by atoms with Gasteiger partial charge in [-0.1, -0.05) is 12.1 Å². The second-order valence-corrected chi connectivity index (χ2v) is 7.21. The number of rotatable bonds is 6. The zero-order valence-corrected chi connectivity index (χ0v) is 15.3. The van der Waals surface area contributed by atoms with E-state index in [1.165, 1.54) is 12.2 Å². The average Bonchev–Trinajstić information content (AvgIpc) is 3.34. The summed E-state index contributed by atoms with van der Waals surface area (Å²) in [4.78, 5) is 25.8. The molecule has 0 saturated heterocycles. The second kappa shape index (κ2) is 8.94. The van der Waals surface area contributed by atoms with Gasteiger partial charge in [0.2, 0.25) is 11.8 Å². The Kier molecular flexibility index (Phi) is 6.14. The first-order valence-corrected chi connectivity index (χ1v) is 9.60. The molecule has 6 heteroatoms. The van der Waals surface area contributed by atoms with Gasteiger partial charge in [-0.25, -0.2) is 0 Å². The molecule has 0 aliphatic carbocycles. The molecule has 0 atom stereocenters. The van der Waals surface area contributed by atoms with E-state index in [4.69, 9.17) is 0 Å². The van der Waals surface area contributed by atoms with Crippen LogP contribution < -0.4 is 10.6 Å². The van der Waals surface area contributed by atoms with Gasteiger partial charge in [0.25, 0.3) is 0 Å². The predicted octanol–water partition coefficient (Wildman–Crippen LogP) is 5.11. The first kappa shape index (κ1) is 17.8. The number of amides is 2. The summed E-state index contributed by atoms with van der Waals surface area (Å²) in [6, 6.07) is 14.7. The van der Waals surface area contributed by atoms with Crippen LogP contribution in [0.25, 0.3) is 12.2 Å². The molecule has 130 valence electrons. The van der Waals surface area contributed by atoms with E-state index < -0.39 is 0 Å². The molecule has 1 aromatic carbocycles. The minimum atomic E-state index is -0.200. The van der Waals surface area contributed by atoms with Gasteiger partial charge in [0, 0.05) is 33.3 Å². The zero-order chi connectivity index (χ0) is 18.2. The molecular weight excluding hydrogens is 364 g/mol. The van der Waals surface area contributed by atoms with Gasteiger partial charge in [-0.3, -0.25) is 9.59 Å². The molecule has 3 rings (SSSR count). The monoisotopic (exact) mass is 380 g/mol. The number of nitrogens with one attached hydrogen (secondary N) is 2. The van der Waals surface area contributed by atoms with Crippen molar-refractivity contribution in [1.82, 2.24) is 0 Å². The molecule has 2 aromatic heterocycles. The minimum absolute atomic E-state index is 0.200. The van der Waals surface area contributed by atoms with E-state index in [1.807, 2.05) is 35.0 Å². The normalized spacial score (nSPS) is 11.1. The van der Waals surface area contributed by atoms with Crippen LogP contribution in [0, 0.1) is 0 Å². The maximum Gasteiger partial charge on any atom is 0.248 e. The van der Waals surface area contributed by atoms with Crippen molar-refractivity contribution in [3.05, 3.63) is 81.2 Å². The Morgan fingerprint density at radius 3 is 1.46 bits per heavy atom. The fourth-order valence-electron chi connectivity index (χ4n) is 2.09. The van der Waals surface area contributed by atoms with Crippen LogP contribution in [0.15, 0.2) is 71.4 Å².